The first-order valence-corrected chi connectivity index (χ1v) is 11.4. The van der Waals surface area contributed by atoms with Crippen molar-refractivity contribution in [3.8, 4) is 0 Å². The van der Waals surface area contributed by atoms with E-state index in [0.29, 0.717) is 12.8 Å². The standard InChI is InChI=1S/C22H28FN3O2S/c1-15-19(21(28)26-13-14-29-22(26)24-15)9-12-25-10-7-17(8-11-25)20(27)16-3-2-4-18(23)6-5-16/h2-3,5-6,17,20,27H,4,7-14H2,1H3. The smallest absolute Gasteiger partial charge is 0.257 e. The molecule has 0 bridgehead atoms. The van der Waals surface area contributed by atoms with Crippen LogP contribution in [0.15, 0.2) is 45.7 Å². The fourth-order valence-electron chi connectivity index (χ4n) is 4.35. The Balaban J connectivity index is 1.33. The molecule has 0 amide bonds. The van der Waals surface area contributed by atoms with Crippen molar-refractivity contribution in [2.75, 3.05) is 25.4 Å². The van der Waals surface area contributed by atoms with Gasteiger partial charge in [0.2, 0.25) is 0 Å². The highest BCUT2D eigenvalue weighted by Crippen LogP contribution is 2.27. The van der Waals surface area contributed by atoms with Crippen molar-refractivity contribution in [1.29, 1.82) is 0 Å². The minimum atomic E-state index is -0.555. The number of piperidine rings is 1. The first kappa shape index (κ1) is 20.6. The highest BCUT2D eigenvalue weighted by molar-refractivity contribution is 7.99. The van der Waals surface area contributed by atoms with Gasteiger partial charge in [-0.15, -0.1) is 0 Å². The van der Waals surface area contributed by atoms with Crippen LogP contribution in [0.3, 0.4) is 0 Å². The second kappa shape index (κ2) is 8.98. The molecule has 1 N–H and O–H groups in total. The maximum Gasteiger partial charge on any atom is 0.257 e. The number of halogens is 1. The second-order valence-corrected chi connectivity index (χ2v) is 9.09. The van der Waals surface area contributed by atoms with Crippen LogP contribution in [-0.4, -0.2) is 51.0 Å². The fourth-order valence-corrected chi connectivity index (χ4v) is 5.34. The quantitative estimate of drug-likeness (QED) is 0.747. The van der Waals surface area contributed by atoms with Crippen molar-refractivity contribution in [2.24, 2.45) is 5.92 Å². The summed E-state index contributed by atoms with van der Waals surface area (Å²) in [6.45, 7) is 5.33. The molecule has 5 nitrogen and oxygen atoms in total. The Hall–Kier alpha value is -1.70. The average molecular weight is 418 g/mol. The zero-order valence-corrected chi connectivity index (χ0v) is 17.6. The molecule has 0 radical (unpaired) electrons. The van der Waals surface area contributed by atoms with Gasteiger partial charge in [0.15, 0.2) is 5.16 Å². The highest BCUT2D eigenvalue weighted by atomic mass is 32.2. The summed E-state index contributed by atoms with van der Waals surface area (Å²) in [6.07, 6.45) is 9.02. The predicted molar refractivity (Wildman–Crippen MR) is 114 cm³/mol. The van der Waals surface area contributed by atoms with E-state index in [-0.39, 0.29) is 17.3 Å². The maximum atomic E-state index is 13.4. The van der Waals surface area contributed by atoms with E-state index >= 15 is 0 Å². The molecule has 0 spiro atoms. The Labute approximate surface area is 175 Å². The summed E-state index contributed by atoms with van der Waals surface area (Å²) in [4.78, 5) is 19.7. The van der Waals surface area contributed by atoms with E-state index in [9.17, 15) is 14.3 Å². The number of aromatic nitrogens is 2. The van der Waals surface area contributed by atoms with Gasteiger partial charge in [-0.05, 0) is 56.8 Å². The molecule has 156 valence electrons. The first-order chi connectivity index (χ1) is 14.0. The molecule has 1 aliphatic carbocycles. The van der Waals surface area contributed by atoms with Gasteiger partial charge < -0.3 is 10.0 Å². The Kier molecular flexibility index (Phi) is 6.37. The Morgan fingerprint density at radius 3 is 2.90 bits per heavy atom. The number of hydrogen-bond acceptors (Lipinski definition) is 5. The summed E-state index contributed by atoms with van der Waals surface area (Å²) < 4.78 is 15.2. The Bertz CT molecular complexity index is 913. The summed E-state index contributed by atoms with van der Waals surface area (Å²) in [5.74, 6) is 0.932. The number of aryl methyl sites for hydroxylation is 1. The molecule has 1 aromatic rings. The fraction of sp³-hybridized carbons (Fsp3) is 0.545. The summed E-state index contributed by atoms with van der Waals surface area (Å²) >= 11 is 1.65. The van der Waals surface area contributed by atoms with E-state index in [0.717, 1.165) is 66.8 Å². The van der Waals surface area contributed by atoms with Gasteiger partial charge in [0.25, 0.3) is 5.56 Å². The third-order valence-corrected chi connectivity index (χ3v) is 7.12. The summed E-state index contributed by atoms with van der Waals surface area (Å²) in [5.41, 5.74) is 2.60. The molecule has 1 atom stereocenters. The van der Waals surface area contributed by atoms with Crippen LogP contribution >= 0.6 is 11.8 Å². The van der Waals surface area contributed by atoms with E-state index in [4.69, 9.17) is 0 Å². The van der Waals surface area contributed by atoms with E-state index in [1.165, 1.54) is 6.08 Å². The molecule has 1 unspecified atom stereocenters. The van der Waals surface area contributed by atoms with Crippen molar-refractivity contribution < 1.29 is 9.50 Å². The molecule has 7 heteroatoms. The largest absolute Gasteiger partial charge is 0.388 e. The van der Waals surface area contributed by atoms with Crippen molar-refractivity contribution in [3.63, 3.8) is 0 Å². The van der Waals surface area contributed by atoms with E-state index < -0.39 is 6.10 Å². The Morgan fingerprint density at radius 1 is 1.31 bits per heavy atom. The molecule has 0 aromatic carbocycles. The predicted octanol–water partition coefficient (Wildman–Crippen LogP) is 3.01. The highest BCUT2D eigenvalue weighted by Gasteiger charge is 2.27. The second-order valence-electron chi connectivity index (χ2n) is 8.02. The molecule has 3 aliphatic rings. The van der Waals surface area contributed by atoms with Gasteiger partial charge in [0.1, 0.15) is 5.83 Å². The van der Waals surface area contributed by atoms with Crippen molar-refractivity contribution >= 4 is 11.8 Å². The maximum absolute atomic E-state index is 13.4. The Morgan fingerprint density at radius 2 is 2.10 bits per heavy atom. The van der Waals surface area contributed by atoms with Crippen LogP contribution in [-0.2, 0) is 13.0 Å². The van der Waals surface area contributed by atoms with E-state index in [1.807, 2.05) is 13.0 Å². The van der Waals surface area contributed by atoms with Crippen LogP contribution in [0, 0.1) is 12.8 Å². The zero-order valence-electron chi connectivity index (χ0n) is 16.8. The lowest BCUT2D eigenvalue weighted by Gasteiger charge is -2.34. The third kappa shape index (κ3) is 4.57. The number of aliphatic hydroxyl groups excluding tert-OH is 1. The molecule has 1 fully saturated rings. The van der Waals surface area contributed by atoms with Gasteiger partial charge in [0, 0.05) is 36.5 Å². The summed E-state index contributed by atoms with van der Waals surface area (Å²) in [5, 5.41) is 11.6. The number of fused-ring (bicyclic) bond motifs is 1. The van der Waals surface area contributed by atoms with Gasteiger partial charge in [-0.1, -0.05) is 30.0 Å². The van der Waals surface area contributed by atoms with Gasteiger partial charge >= 0.3 is 0 Å². The number of likely N-dealkylation sites (tertiary alicyclic amines) is 1. The van der Waals surface area contributed by atoms with Crippen molar-refractivity contribution in [3.05, 3.63) is 57.3 Å². The third-order valence-electron chi connectivity index (χ3n) is 6.16. The zero-order chi connectivity index (χ0) is 20.4. The van der Waals surface area contributed by atoms with Crippen LogP contribution in [0.2, 0.25) is 0 Å². The van der Waals surface area contributed by atoms with Crippen LogP contribution in [0.25, 0.3) is 0 Å². The van der Waals surface area contributed by atoms with Crippen LogP contribution < -0.4 is 5.56 Å². The van der Waals surface area contributed by atoms with E-state index in [2.05, 4.69) is 9.88 Å². The van der Waals surface area contributed by atoms with Gasteiger partial charge in [-0.25, -0.2) is 9.37 Å². The molecule has 0 saturated carbocycles. The van der Waals surface area contributed by atoms with Gasteiger partial charge in [-0.3, -0.25) is 9.36 Å². The summed E-state index contributed by atoms with van der Waals surface area (Å²) in [6, 6.07) is 0. The van der Waals surface area contributed by atoms with Crippen LogP contribution in [0.1, 0.15) is 30.5 Å². The molecule has 4 rings (SSSR count). The number of allylic oxidation sites excluding steroid dienone is 4. The number of thioether (sulfide) groups is 1. The topological polar surface area (TPSA) is 58.4 Å². The SMILES string of the molecule is Cc1nc2n(c(=O)c1CCN1CCC(C(O)C3=CC=C(F)CC=C3)CC1)CCS2. The normalized spacial score (nSPS) is 21.5. The molecular weight excluding hydrogens is 389 g/mol. The molecule has 1 aromatic heterocycles. The number of rotatable bonds is 5. The van der Waals surface area contributed by atoms with E-state index in [1.54, 1.807) is 28.5 Å². The van der Waals surface area contributed by atoms with Crippen LogP contribution in [0.4, 0.5) is 4.39 Å². The minimum Gasteiger partial charge on any atom is -0.388 e. The number of nitrogens with zero attached hydrogens (tertiary/aromatic N) is 3. The first-order valence-electron chi connectivity index (χ1n) is 10.4. The van der Waals surface area contributed by atoms with Crippen LogP contribution in [0.5, 0.6) is 0 Å². The molecule has 2 aliphatic heterocycles. The average Bonchev–Trinajstić information content (AvgIpc) is 3.08. The lowest BCUT2D eigenvalue weighted by atomic mass is 9.87. The number of hydrogen-bond donors (Lipinski definition) is 1. The number of aliphatic hydroxyl groups is 1. The summed E-state index contributed by atoms with van der Waals surface area (Å²) in [7, 11) is 0. The van der Waals surface area contributed by atoms with Crippen molar-refractivity contribution in [1.82, 2.24) is 14.5 Å². The monoisotopic (exact) mass is 417 g/mol. The molecule has 29 heavy (non-hydrogen) atoms. The van der Waals surface area contributed by atoms with Gasteiger partial charge in [-0.2, -0.15) is 0 Å². The molecular formula is C22H28FN3O2S. The van der Waals surface area contributed by atoms with Crippen molar-refractivity contribution in [2.45, 2.75) is 50.4 Å². The van der Waals surface area contributed by atoms with Gasteiger partial charge in [0.05, 0.1) is 6.10 Å². The lowest BCUT2D eigenvalue weighted by Crippen LogP contribution is -2.39. The molecule has 3 heterocycles. The lowest BCUT2D eigenvalue weighted by molar-refractivity contribution is 0.0849. The molecule has 1 saturated heterocycles. The minimum absolute atomic E-state index is 0.121.